The second-order valence-electron chi connectivity index (χ2n) is 10.8. The summed E-state index contributed by atoms with van der Waals surface area (Å²) in [6.45, 7) is 2.24. The van der Waals surface area contributed by atoms with Crippen molar-refractivity contribution in [3.8, 4) is 33.4 Å². The van der Waals surface area contributed by atoms with E-state index in [0.717, 1.165) is 63.1 Å². The van der Waals surface area contributed by atoms with Crippen LogP contribution in [0, 0.1) is 0 Å². The van der Waals surface area contributed by atoms with Crippen molar-refractivity contribution in [3.05, 3.63) is 161 Å². The summed E-state index contributed by atoms with van der Waals surface area (Å²) in [6.07, 6.45) is 3.32. The van der Waals surface area contributed by atoms with Crippen molar-refractivity contribution in [1.29, 1.82) is 0 Å². The minimum absolute atomic E-state index is 0.701. The Bertz CT molecular complexity index is 1760. The highest BCUT2D eigenvalue weighted by atomic mass is 79.9. The summed E-state index contributed by atoms with van der Waals surface area (Å²) >= 11 is 10.5. The van der Waals surface area contributed by atoms with Crippen LogP contribution >= 0.6 is 27.5 Å². The maximum absolute atomic E-state index is 6.68. The van der Waals surface area contributed by atoms with Gasteiger partial charge in [-0.15, -0.1) is 0 Å². The van der Waals surface area contributed by atoms with Gasteiger partial charge in [0.25, 0.3) is 0 Å². The molecular weight excluding hydrogens is 610 g/mol. The molecule has 6 aromatic rings. The summed E-state index contributed by atoms with van der Waals surface area (Å²) < 4.78 is 1.06. The Morgan fingerprint density at radius 1 is 0.558 bits per heavy atom. The molecule has 0 heterocycles. The summed E-state index contributed by atoms with van der Waals surface area (Å²) in [7, 11) is 0. The quantitative estimate of drug-likeness (QED) is 0.152. The Labute approximate surface area is 268 Å². The molecule has 0 saturated heterocycles. The van der Waals surface area contributed by atoms with E-state index >= 15 is 0 Å². The zero-order valence-corrected chi connectivity index (χ0v) is 26.5. The zero-order valence-electron chi connectivity index (χ0n) is 24.2. The molecule has 0 unspecified atom stereocenters. The Balaban J connectivity index is 1.72. The molecule has 0 amide bonds. The summed E-state index contributed by atoms with van der Waals surface area (Å²) in [4.78, 5) is 2.38. The molecule has 0 saturated carbocycles. The standard InChI is InChI=1S/C40H33BrClN/c1-2-3-14-29-23-34(41)27-37(24-29)43(36-22-13-21-35(42)28-36)40-38(31-17-9-5-10-18-31)25-33(30-15-7-4-8-16-30)26-39(40)32-19-11-6-12-20-32/h4-13,15-28H,2-3,14H2,1H3. The van der Waals surface area contributed by atoms with E-state index in [1.165, 1.54) is 16.7 Å². The van der Waals surface area contributed by atoms with Crippen molar-refractivity contribution in [2.45, 2.75) is 26.2 Å². The third kappa shape index (κ3) is 6.62. The van der Waals surface area contributed by atoms with Crippen LogP contribution in [0.2, 0.25) is 5.02 Å². The molecule has 0 bridgehead atoms. The monoisotopic (exact) mass is 641 g/mol. The number of unbranched alkanes of at least 4 members (excludes halogenated alkanes) is 1. The minimum atomic E-state index is 0.701. The van der Waals surface area contributed by atoms with Crippen molar-refractivity contribution in [2.24, 2.45) is 0 Å². The van der Waals surface area contributed by atoms with Crippen LogP contribution in [0.15, 0.2) is 150 Å². The molecule has 0 aliphatic rings. The van der Waals surface area contributed by atoms with Crippen LogP contribution in [-0.2, 0) is 6.42 Å². The van der Waals surface area contributed by atoms with Crippen molar-refractivity contribution < 1.29 is 0 Å². The van der Waals surface area contributed by atoms with Crippen LogP contribution in [0.4, 0.5) is 17.1 Å². The van der Waals surface area contributed by atoms with Crippen LogP contribution in [0.3, 0.4) is 0 Å². The fourth-order valence-corrected chi connectivity index (χ4v) is 6.37. The number of aryl methyl sites for hydroxylation is 1. The normalized spacial score (nSPS) is 11.0. The SMILES string of the molecule is CCCCc1cc(Br)cc(N(c2cccc(Cl)c2)c2c(-c3ccccc3)cc(-c3ccccc3)cc2-c2ccccc2)c1. The van der Waals surface area contributed by atoms with Crippen LogP contribution in [-0.4, -0.2) is 0 Å². The molecule has 212 valence electrons. The molecule has 6 rings (SSSR count). The fraction of sp³-hybridized carbons (Fsp3) is 0.100. The summed E-state index contributed by atoms with van der Waals surface area (Å²) in [5.41, 5.74) is 11.5. The van der Waals surface area contributed by atoms with Gasteiger partial charge >= 0.3 is 0 Å². The van der Waals surface area contributed by atoms with Gasteiger partial charge in [0, 0.05) is 32.0 Å². The molecule has 3 heteroatoms. The first-order valence-electron chi connectivity index (χ1n) is 14.8. The molecule has 0 aliphatic carbocycles. The van der Waals surface area contributed by atoms with E-state index in [1.54, 1.807) is 0 Å². The van der Waals surface area contributed by atoms with Crippen LogP contribution in [0.5, 0.6) is 0 Å². The Hall–Kier alpha value is -4.11. The van der Waals surface area contributed by atoms with E-state index in [2.05, 4.69) is 161 Å². The molecule has 0 N–H and O–H groups in total. The highest BCUT2D eigenvalue weighted by molar-refractivity contribution is 9.10. The molecule has 1 nitrogen and oxygen atoms in total. The lowest BCUT2D eigenvalue weighted by Gasteiger charge is -2.31. The zero-order chi connectivity index (χ0) is 29.6. The average molecular weight is 643 g/mol. The van der Waals surface area contributed by atoms with Crippen LogP contribution in [0.25, 0.3) is 33.4 Å². The van der Waals surface area contributed by atoms with Gasteiger partial charge in [0.15, 0.2) is 0 Å². The van der Waals surface area contributed by atoms with E-state index < -0.39 is 0 Å². The molecule has 0 fully saturated rings. The van der Waals surface area contributed by atoms with Crippen LogP contribution in [0.1, 0.15) is 25.3 Å². The lowest BCUT2D eigenvalue weighted by Crippen LogP contribution is -2.13. The topological polar surface area (TPSA) is 3.24 Å². The van der Waals surface area contributed by atoms with Gasteiger partial charge in [-0.25, -0.2) is 0 Å². The lowest BCUT2D eigenvalue weighted by molar-refractivity contribution is 0.795. The second kappa shape index (κ2) is 13.5. The number of nitrogens with zero attached hydrogens (tertiary/aromatic N) is 1. The Morgan fingerprint density at radius 2 is 1.14 bits per heavy atom. The third-order valence-corrected chi connectivity index (χ3v) is 8.39. The molecule has 0 spiro atoms. The number of rotatable bonds is 9. The van der Waals surface area contributed by atoms with Crippen molar-refractivity contribution in [1.82, 2.24) is 0 Å². The van der Waals surface area contributed by atoms with Gasteiger partial charge in [-0.2, -0.15) is 0 Å². The van der Waals surface area contributed by atoms with Gasteiger partial charge in [-0.3, -0.25) is 0 Å². The molecule has 0 radical (unpaired) electrons. The first kappa shape index (κ1) is 29.0. The molecule has 0 atom stereocenters. The van der Waals surface area contributed by atoms with Crippen molar-refractivity contribution >= 4 is 44.6 Å². The number of halogens is 2. The smallest absolute Gasteiger partial charge is 0.0618 e. The van der Waals surface area contributed by atoms with Gasteiger partial charge in [0.2, 0.25) is 0 Å². The molecule has 0 aliphatic heterocycles. The van der Waals surface area contributed by atoms with E-state index in [0.29, 0.717) is 5.02 Å². The minimum Gasteiger partial charge on any atom is -0.309 e. The van der Waals surface area contributed by atoms with E-state index in [1.807, 2.05) is 12.1 Å². The largest absolute Gasteiger partial charge is 0.309 e. The Morgan fingerprint density at radius 3 is 1.70 bits per heavy atom. The molecule has 6 aromatic carbocycles. The average Bonchev–Trinajstić information content (AvgIpc) is 3.05. The van der Waals surface area contributed by atoms with Crippen molar-refractivity contribution in [3.63, 3.8) is 0 Å². The van der Waals surface area contributed by atoms with E-state index in [4.69, 9.17) is 11.6 Å². The number of benzene rings is 6. The Kier molecular flexibility index (Phi) is 9.07. The maximum Gasteiger partial charge on any atom is 0.0618 e. The van der Waals surface area contributed by atoms with Gasteiger partial charge in [-0.05, 0) is 89.2 Å². The summed E-state index contributed by atoms with van der Waals surface area (Å²) in [5.74, 6) is 0. The fourth-order valence-electron chi connectivity index (χ4n) is 5.66. The molecule has 43 heavy (non-hydrogen) atoms. The van der Waals surface area contributed by atoms with Crippen LogP contribution < -0.4 is 4.90 Å². The number of hydrogen-bond acceptors (Lipinski definition) is 1. The molecular formula is C40H33BrClN. The first-order valence-corrected chi connectivity index (χ1v) is 16.0. The second-order valence-corrected chi connectivity index (χ2v) is 12.1. The first-order chi connectivity index (χ1) is 21.1. The summed E-state index contributed by atoms with van der Waals surface area (Å²) in [5, 5.41) is 0.701. The lowest BCUT2D eigenvalue weighted by atomic mass is 9.89. The highest BCUT2D eigenvalue weighted by Crippen LogP contribution is 2.49. The van der Waals surface area contributed by atoms with Gasteiger partial charge in [0.05, 0.1) is 5.69 Å². The predicted molar refractivity (Wildman–Crippen MR) is 189 cm³/mol. The number of hydrogen-bond donors (Lipinski definition) is 0. The van der Waals surface area contributed by atoms with Gasteiger partial charge < -0.3 is 4.90 Å². The van der Waals surface area contributed by atoms with E-state index in [-0.39, 0.29) is 0 Å². The van der Waals surface area contributed by atoms with Gasteiger partial charge in [-0.1, -0.05) is 138 Å². The molecule has 0 aromatic heterocycles. The third-order valence-electron chi connectivity index (χ3n) is 7.70. The highest BCUT2D eigenvalue weighted by Gasteiger charge is 2.24. The van der Waals surface area contributed by atoms with E-state index in [9.17, 15) is 0 Å². The predicted octanol–water partition coefficient (Wildman–Crippen LogP) is 12.9. The van der Waals surface area contributed by atoms with Gasteiger partial charge in [0.1, 0.15) is 0 Å². The van der Waals surface area contributed by atoms with Crippen molar-refractivity contribution in [2.75, 3.05) is 4.90 Å². The number of anilines is 3. The summed E-state index contributed by atoms with van der Waals surface area (Å²) in [6, 6.07) is 51.7. The maximum atomic E-state index is 6.68.